The molecule has 0 aromatic heterocycles. The average Bonchev–Trinajstić information content (AvgIpc) is 3.31. The van der Waals surface area contributed by atoms with Crippen LogP contribution in [-0.2, 0) is 16.1 Å². The van der Waals surface area contributed by atoms with E-state index >= 15 is 0 Å². The predicted molar refractivity (Wildman–Crippen MR) is 82.4 cm³/mol. The highest BCUT2D eigenvalue weighted by atomic mass is 19.1. The van der Waals surface area contributed by atoms with Gasteiger partial charge in [-0.1, -0.05) is 38.0 Å². The maximum Gasteiger partial charge on any atom is 0.224 e. The standard InChI is InChI=1S/C17H23FN2O2/c1-2-3-6-9-19-16(21)13-10-14(13)17(22)20-11-12-7-4-5-8-15(12)18/h4-5,7-8,13-14H,2-3,6,9-11H2,1H3,(H,19,21)(H,20,22). The Morgan fingerprint density at radius 1 is 1.14 bits per heavy atom. The second-order valence-electron chi connectivity index (χ2n) is 5.76. The average molecular weight is 306 g/mol. The van der Waals surface area contributed by atoms with E-state index in [9.17, 15) is 14.0 Å². The molecule has 0 aliphatic heterocycles. The van der Waals surface area contributed by atoms with Crippen LogP contribution in [-0.4, -0.2) is 18.4 Å². The second-order valence-corrected chi connectivity index (χ2v) is 5.76. The van der Waals surface area contributed by atoms with Crippen LogP contribution in [0.4, 0.5) is 4.39 Å². The molecule has 4 nitrogen and oxygen atoms in total. The van der Waals surface area contributed by atoms with Crippen molar-refractivity contribution in [3.8, 4) is 0 Å². The summed E-state index contributed by atoms with van der Waals surface area (Å²) in [7, 11) is 0. The fraction of sp³-hybridized carbons (Fsp3) is 0.529. The summed E-state index contributed by atoms with van der Waals surface area (Å²) in [5.41, 5.74) is 0.456. The Hall–Kier alpha value is -1.91. The molecule has 0 radical (unpaired) electrons. The molecule has 1 aliphatic rings. The maximum absolute atomic E-state index is 13.4. The largest absolute Gasteiger partial charge is 0.356 e. The Labute approximate surface area is 130 Å². The highest BCUT2D eigenvalue weighted by Crippen LogP contribution is 2.38. The molecule has 5 heteroatoms. The number of unbranched alkanes of at least 4 members (excludes halogenated alkanes) is 2. The first-order chi connectivity index (χ1) is 10.6. The normalized spacial score (nSPS) is 19.5. The van der Waals surface area contributed by atoms with E-state index in [4.69, 9.17) is 0 Å². The molecule has 2 atom stereocenters. The number of benzene rings is 1. The molecule has 2 N–H and O–H groups in total. The van der Waals surface area contributed by atoms with Crippen LogP contribution < -0.4 is 10.6 Å². The fourth-order valence-corrected chi connectivity index (χ4v) is 2.45. The number of carbonyl (C=O) groups is 2. The third-order valence-electron chi connectivity index (χ3n) is 3.95. The second kappa shape index (κ2) is 7.92. The highest BCUT2D eigenvalue weighted by Gasteiger charge is 2.47. The molecule has 1 fully saturated rings. The van der Waals surface area contributed by atoms with E-state index in [0.29, 0.717) is 18.5 Å². The number of halogens is 1. The summed E-state index contributed by atoms with van der Waals surface area (Å²) in [6.45, 7) is 2.94. The molecule has 2 unspecified atom stereocenters. The summed E-state index contributed by atoms with van der Waals surface area (Å²) in [6, 6.07) is 6.35. The first kappa shape index (κ1) is 16.5. The molecule has 0 heterocycles. The minimum Gasteiger partial charge on any atom is -0.356 e. The summed E-state index contributed by atoms with van der Waals surface area (Å²) in [5.74, 6) is -1.02. The molecule has 1 aromatic carbocycles. The molecule has 2 amide bonds. The lowest BCUT2D eigenvalue weighted by Crippen LogP contribution is -2.30. The molecular formula is C17H23FN2O2. The van der Waals surface area contributed by atoms with E-state index in [1.54, 1.807) is 18.2 Å². The van der Waals surface area contributed by atoms with Crippen LogP contribution in [0.3, 0.4) is 0 Å². The molecule has 0 spiro atoms. The Kier molecular flexibility index (Phi) is 5.92. The Balaban J connectivity index is 1.69. The van der Waals surface area contributed by atoms with Gasteiger partial charge in [0.2, 0.25) is 11.8 Å². The zero-order chi connectivity index (χ0) is 15.9. The van der Waals surface area contributed by atoms with Crippen molar-refractivity contribution in [3.63, 3.8) is 0 Å². The molecule has 1 saturated carbocycles. The van der Waals surface area contributed by atoms with E-state index in [1.807, 2.05) is 0 Å². The zero-order valence-corrected chi connectivity index (χ0v) is 12.9. The van der Waals surface area contributed by atoms with Crippen LogP contribution in [0.25, 0.3) is 0 Å². The van der Waals surface area contributed by atoms with Crippen molar-refractivity contribution in [2.75, 3.05) is 6.54 Å². The van der Waals surface area contributed by atoms with Gasteiger partial charge in [0.15, 0.2) is 0 Å². The summed E-state index contributed by atoms with van der Waals surface area (Å²) in [6.07, 6.45) is 3.76. The Bertz CT molecular complexity index is 533. The lowest BCUT2D eigenvalue weighted by Gasteiger charge is -2.06. The van der Waals surface area contributed by atoms with Gasteiger partial charge in [0.25, 0.3) is 0 Å². The van der Waals surface area contributed by atoms with Crippen molar-refractivity contribution in [2.45, 2.75) is 39.2 Å². The van der Waals surface area contributed by atoms with Crippen molar-refractivity contribution >= 4 is 11.8 Å². The lowest BCUT2D eigenvalue weighted by molar-refractivity contribution is -0.127. The molecule has 1 aromatic rings. The van der Waals surface area contributed by atoms with E-state index in [0.717, 1.165) is 19.3 Å². The van der Waals surface area contributed by atoms with Gasteiger partial charge in [0.05, 0.1) is 11.8 Å². The Morgan fingerprint density at radius 3 is 2.50 bits per heavy atom. The van der Waals surface area contributed by atoms with Gasteiger partial charge < -0.3 is 10.6 Å². The van der Waals surface area contributed by atoms with Gasteiger partial charge in [-0.15, -0.1) is 0 Å². The number of hydrogen-bond acceptors (Lipinski definition) is 2. The van der Waals surface area contributed by atoms with Gasteiger partial charge in [-0.2, -0.15) is 0 Å². The van der Waals surface area contributed by atoms with Crippen molar-refractivity contribution in [2.24, 2.45) is 11.8 Å². The van der Waals surface area contributed by atoms with Crippen molar-refractivity contribution in [3.05, 3.63) is 35.6 Å². The quantitative estimate of drug-likeness (QED) is 0.725. The molecule has 120 valence electrons. The molecular weight excluding hydrogens is 283 g/mol. The number of hydrogen-bond donors (Lipinski definition) is 2. The van der Waals surface area contributed by atoms with Crippen LogP contribution >= 0.6 is 0 Å². The van der Waals surface area contributed by atoms with Gasteiger partial charge in [0, 0.05) is 18.7 Å². The third kappa shape index (κ3) is 4.55. The summed E-state index contributed by atoms with van der Waals surface area (Å²) >= 11 is 0. The highest BCUT2D eigenvalue weighted by molar-refractivity contribution is 5.92. The van der Waals surface area contributed by atoms with E-state index < -0.39 is 0 Å². The molecule has 0 bridgehead atoms. The van der Waals surface area contributed by atoms with Gasteiger partial charge in [-0.05, 0) is 18.9 Å². The maximum atomic E-state index is 13.4. The molecule has 1 aliphatic carbocycles. The van der Waals surface area contributed by atoms with Gasteiger partial charge in [0.1, 0.15) is 5.82 Å². The topological polar surface area (TPSA) is 58.2 Å². The minimum atomic E-state index is -0.330. The summed E-state index contributed by atoms with van der Waals surface area (Å²) in [4.78, 5) is 23.8. The van der Waals surface area contributed by atoms with Crippen LogP contribution in [0.5, 0.6) is 0 Å². The van der Waals surface area contributed by atoms with Crippen molar-refractivity contribution in [1.82, 2.24) is 10.6 Å². The number of nitrogens with one attached hydrogen (secondary N) is 2. The van der Waals surface area contributed by atoms with Crippen LogP contribution in [0.1, 0.15) is 38.2 Å². The smallest absolute Gasteiger partial charge is 0.224 e. The van der Waals surface area contributed by atoms with E-state index in [1.165, 1.54) is 6.07 Å². The van der Waals surface area contributed by atoms with Gasteiger partial charge >= 0.3 is 0 Å². The lowest BCUT2D eigenvalue weighted by atomic mass is 10.2. The zero-order valence-electron chi connectivity index (χ0n) is 12.9. The third-order valence-corrected chi connectivity index (χ3v) is 3.95. The van der Waals surface area contributed by atoms with Gasteiger partial charge in [-0.3, -0.25) is 9.59 Å². The van der Waals surface area contributed by atoms with Crippen LogP contribution in [0.2, 0.25) is 0 Å². The van der Waals surface area contributed by atoms with Gasteiger partial charge in [-0.25, -0.2) is 4.39 Å². The Morgan fingerprint density at radius 2 is 1.82 bits per heavy atom. The monoisotopic (exact) mass is 306 g/mol. The number of rotatable bonds is 8. The van der Waals surface area contributed by atoms with E-state index in [-0.39, 0.29) is 36.0 Å². The number of amides is 2. The first-order valence-electron chi connectivity index (χ1n) is 7.92. The van der Waals surface area contributed by atoms with Crippen LogP contribution in [0.15, 0.2) is 24.3 Å². The van der Waals surface area contributed by atoms with Crippen molar-refractivity contribution < 1.29 is 14.0 Å². The van der Waals surface area contributed by atoms with E-state index in [2.05, 4.69) is 17.6 Å². The summed E-state index contributed by atoms with van der Waals surface area (Å²) in [5, 5.41) is 5.57. The van der Waals surface area contributed by atoms with Crippen LogP contribution in [0, 0.1) is 17.7 Å². The van der Waals surface area contributed by atoms with Crippen molar-refractivity contribution in [1.29, 1.82) is 0 Å². The first-order valence-corrected chi connectivity index (χ1v) is 7.92. The molecule has 2 rings (SSSR count). The summed E-state index contributed by atoms with van der Waals surface area (Å²) < 4.78 is 13.4. The SMILES string of the molecule is CCCCCNC(=O)C1CC1C(=O)NCc1ccccc1F. The fourth-order valence-electron chi connectivity index (χ4n) is 2.45. The minimum absolute atomic E-state index is 0.0397. The molecule has 22 heavy (non-hydrogen) atoms. The molecule has 0 saturated heterocycles. The number of carbonyl (C=O) groups excluding carboxylic acids is 2. The predicted octanol–water partition coefficient (Wildman–Crippen LogP) is 2.38.